The molecule has 0 radical (unpaired) electrons. The smallest absolute Gasteiger partial charge is 0.240 e. The van der Waals surface area contributed by atoms with Gasteiger partial charge in [-0.2, -0.15) is 0 Å². The molecule has 4 aromatic rings. The van der Waals surface area contributed by atoms with Gasteiger partial charge in [-0.05, 0) is 53.2 Å². The van der Waals surface area contributed by atoms with Crippen molar-refractivity contribution in [2.24, 2.45) is 0 Å². The van der Waals surface area contributed by atoms with Crippen LogP contribution in [-0.4, -0.2) is 31.8 Å². The fourth-order valence-corrected chi connectivity index (χ4v) is 3.97. The van der Waals surface area contributed by atoms with Crippen LogP contribution in [0, 0.1) is 5.82 Å². The van der Waals surface area contributed by atoms with E-state index in [4.69, 9.17) is 4.74 Å². The highest BCUT2D eigenvalue weighted by Gasteiger charge is 2.14. The van der Waals surface area contributed by atoms with E-state index in [0.29, 0.717) is 5.69 Å². The Balaban J connectivity index is 1.33. The van der Waals surface area contributed by atoms with Crippen LogP contribution in [0.3, 0.4) is 0 Å². The van der Waals surface area contributed by atoms with Gasteiger partial charge in [-0.1, -0.05) is 30.3 Å². The minimum absolute atomic E-state index is 0.0799. The van der Waals surface area contributed by atoms with Gasteiger partial charge in [0.1, 0.15) is 12.4 Å². The molecule has 8 heteroatoms. The fourth-order valence-electron chi connectivity index (χ4n) is 2.92. The number of sulfonamides is 1. The van der Waals surface area contributed by atoms with Crippen LogP contribution in [0.1, 0.15) is 0 Å². The van der Waals surface area contributed by atoms with Gasteiger partial charge in [-0.15, -0.1) is 10.2 Å². The van der Waals surface area contributed by atoms with Gasteiger partial charge in [0, 0.05) is 18.2 Å². The van der Waals surface area contributed by atoms with Crippen molar-refractivity contribution in [3.63, 3.8) is 0 Å². The van der Waals surface area contributed by atoms with E-state index in [-0.39, 0.29) is 29.7 Å². The molecule has 0 aliphatic heterocycles. The van der Waals surface area contributed by atoms with Crippen molar-refractivity contribution in [1.29, 1.82) is 0 Å². The Morgan fingerprint density at radius 1 is 0.867 bits per heavy atom. The number of nitrogens with zero attached hydrogens (tertiary/aromatic N) is 2. The summed E-state index contributed by atoms with van der Waals surface area (Å²) in [6.07, 6.45) is 0. The molecule has 4 rings (SSSR count). The number of ether oxygens (including phenoxy) is 1. The highest BCUT2D eigenvalue weighted by atomic mass is 32.2. The monoisotopic (exact) mass is 423 g/mol. The van der Waals surface area contributed by atoms with Gasteiger partial charge < -0.3 is 4.74 Å². The van der Waals surface area contributed by atoms with Gasteiger partial charge in [0.05, 0.1) is 10.6 Å². The molecule has 0 amide bonds. The van der Waals surface area contributed by atoms with Crippen molar-refractivity contribution < 1.29 is 17.5 Å². The summed E-state index contributed by atoms with van der Waals surface area (Å²) in [5, 5.41) is 9.84. The Hall–Kier alpha value is -3.36. The average Bonchev–Trinajstić information content (AvgIpc) is 2.77. The lowest BCUT2D eigenvalue weighted by atomic mass is 10.1. The Morgan fingerprint density at radius 2 is 1.63 bits per heavy atom. The predicted octanol–water partition coefficient (Wildman–Crippen LogP) is 3.79. The second-order valence-electron chi connectivity index (χ2n) is 6.52. The Morgan fingerprint density at radius 3 is 2.37 bits per heavy atom. The molecule has 1 aromatic heterocycles. The normalized spacial score (nSPS) is 11.5. The number of fused-ring (bicyclic) bond motifs is 1. The number of aromatic nitrogens is 2. The molecule has 0 aliphatic carbocycles. The highest BCUT2D eigenvalue weighted by molar-refractivity contribution is 7.89. The lowest BCUT2D eigenvalue weighted by Gasteiger charge is -2.09. The molecule has 0 spiro atoms. The minimum atomic E-state index is -3.65. The first-order valence-corrected chi connectivity index (χ1v) is 10.7. The van der Waals surface area contributed by atoms with Crippen LogP contribution in [0.5, 0.6) is 5.88 Å². The molecule has 6 nitrogen and oxygen atoms in total. The maximum atomic E-state index is 13.0. The average molecular weight is 423 g/mol. The largest absolute Gasteiger partial charge is 0.475 e. The Bertz CT molecular complexity index is 1260. The van der Waals surface area contributed by atoms with E-state index in [1.54, 1.807) is 42.5 Å². The van der Waals surface area contributed by atoms with E-state index in [9.17, 15) is 12.8 Å². The van der Waals surface area contributed by atoms with E-state index in [1.807, 2.05) is 24.3 Å². The number of rotatable bonds is 7. The lowest BCUT2D eigenvalue weighted by molar-refractivity contribution is 0.307. The Labute approximate surface area is 173 Å². The molecule has 0 saturated heterocycles. The third-order valence-corrected chi connectivity index (χ3v) is 5.91. The van der Waals surface area contributed by atoms with Gasteiger partial charge in [0.25, 0.3) is 0 Å². The van der Waals surface area contributed by atoms with Crippen molar-refractivity contribution in [2.75, 3.05) is 13.2 Å². The molecular formula is C22H18FN3O3S. The molecule has 0 aliphatic rings. The number of hydrogen-bond donors (Lipinski definition) is 1. The molecule has 0 fully saturated rings. The zero-order valence-corrected chi connectivity index (χ0v) is 16.6. The van der Waals surface area contributed by atoms with Gasteiger partial charge in [0.2, 0.25) is 15.9 Å². The number of halogens is 1. The van der Waals surface area contributed by atoms with E-state index < -0.39 is 10.0 Å². The fraction of sp³-hybridized carbons (Fsp3) is 0.0909. The summed E-state index contributed by atoms with van der Waals surface area (Å²) in [5.41, 5.74) is 1.32. The molecule has 3 aromatic carbocycles. The molecule has 0 atom stereocenters. The third kappa shape index (κ3) is 4.61. The topological polar surface area (TPSA) is 81.2 Å². The zero-order valence-electron chi connectivity index (χ0n) is 15.8. The number of benzene rings is 3. The van der Waals surface area contributed by atoms with Gasteiger partial charge in [-0.25, -0.2) is 17.5 Å². The quantitative estimate of drug-likeness (QED) is 0.458. The summed E-state index contributed by atoms with van der Waals surface area (Å²) >= 11 is 0. The molecule has 0 saturated carbocycles. The van der Waals surface area contributed by atoms with Crippen molar-refractivity contribution >= 4 is 20.8 Å². The molecule has 152 valence electrons. The van der Waals surface area contributed by atoms with Crippen molar-refractivity contribution in [3.05, 3.63) is 84.7 Å². The van der Waals surface area contributed by atoms with Gasteiger partial charge in [-0.3, -0.25) is 0 Å². The summed E-state index contributed by atoms with van der Waals surface area (Å²) < 4.78 is 46.0. The van der Waals surface area contributed by atoms with Crippen LogP contribution in [0.15, 0.2) is 83.8 Å². The summed E-state index contributed by atoms with van der Waals surface area (Å²) in [5.74, 6) is -0.0523. The van der Waals surface area contributed by atoms with E-state index in [1.165, 1.54) is 12.1 Å². The molecule has 0 bridgehead atoms. The standard InChI is InChI=1S/C22H18FN3O3S/c23-19-8-5-17(6-9-19)21-11-12-22(26-25-21)29-14-13-24-30(27,28)20-10-7-16-3-1-2-4-18(16)15-20/h1-12,15,24H,13-14H2. The van der Waals surface area contributed by atoms with Crippen LogP contribution in [-0.2, 0) is 10.0 Å². The lowest BCUT2D eigenvalue weighted by Crippen LogP contribution is -2.28. The van der Waals surface area contributed by atoms with E-state index in [2.05, 4.69) is 14.9 Å². The van der Waals surface area contributed by atoms with Crippen LogP contribution in [0.25, 0.3) is 22.0 Å². The minimum Gasteiger partial charge on any atom is -0.475 e. The first-order valence-electron chi connectivity index (χ1n) is 9.22. The second-order valence-corrected chi connectivity index (χ2v) is 8.29. The summed E-state index contributed by atoms with van der Waals surface area (Å²) in [6, 6.07) is 21.8. The molecule has 0 unspecified atom stereocenters. The van der Waals surface area contributed by atoms with E-state index >= 15 is 0 Å². The summed E-state index contributed by atoms with van der Waals surface area (Å²) in [7, 11) is -3.65. The van der Waals surface area contributed by atoms with Crippen LogP contribution in [0.2, 0.25) is 0 Å². The SMILES string of the molecule is O=S(=O)(NCCOc1ccc(-c2ccc(F)cc2)nn1)c1ccc2ccccc2c1. The maximum Gasteiger partial charge on any atom is 0.240 e. The summed E-state index contributed by atoms with van der Waals surface area (Å²) in [6.45, 7) is 0.175. The molecule has 1 heterocycles. The van der Waals surface area contributed by atoms with Crippen molar-refractivity contribution in [3.8, 4) is 17.1 Å². The van der Waals surface area contributed by atoms with E-state index in [0.717, 1.165) is 16.3 Å². The van der Waals surface area contributed by atoms with Gasteiger partial charge in [0.15, 0.2) is 0 Å². The van der Waals surface area contributed by atoms with Gasteiger partial charge >= 0.3 is 0 Å². The maximum absolute atomic E-state index is 13.0. The zero-order chi connectivity index (χ0) is 21.0. The predicted molar refractivity (Wildman–Crippen MR) is 112 cm³/mol. The first-order chi connectivity index (χ1) is 14.5. The molecule has 30 heavy (non-hydrogen) atoms. The first kappa shape index (κ1) is 19.9. The number of hydrogen-bond acceptors (Lipinski definition) is 5. The van der Waals surface area contributed by atoms with Crippen LogP contribution < -0.4 is 9.46 Å². The van der Waals surface area contributed by atoms with Crippen molar-refractivity contribution in [1.82, 2.24) is 14.9 Å². The number of nitrogens with one attached hydrogen (secondary N) is 1. The third-order valence-electron chi connectivity index (χ3n) is 4.46. The highest BCUT2D eigenvalue weighted by Crippen LogP contribution is 2.19. The van der Waals surface area contributed by atoms with Crippen LogP contribution >= 0.6 is 0 Å². The molecular weight excluding hydrogens is 405 g/mol. The Kier molecular flexibility index (Phi) is 5.69. The summed E-state index contributed by atoms with van der Waals surface area (Å²) in [4.78, 5) is 0.199. The second kappa shape index (κ2) is 8.56. The molecule has 1 N–H and O–H groups in total. The van der Waals surface area contributed by atoms with Crippen LogP contribution in [0.4, 0.5) is 4.39 Å². The van der Waals surface area contributed by atoms with Crippen molar-refractivity contribution in [2.45, 2.75) is 4.90 Å².